The number of carbonyl (C=O) groups excluding carboxylic acids is 1. The van der Waals surface area contributed by atoms with Crippen LogP contribution in [0.3, 0.4) is 0 Å². The zero-order valence-electron chi connectivity index (χ0n) is 12.0. The lowest BCUT2D eigenvalue weighted by Gasteiger charge is -2.09. The molecule has 1 atom stereocenters. The maximum atomic E-state index is 12.1. The molecule has 1 N–H and O–H groups in total. The summed E-state index contributed by atoms with van der Waals surface area (Å²) in [7, 11) is 1.57. The minimum atomic E-state index is -0.396. The molecule has 0 unspecified atom stereocenters. The van der Waals surface area contributed by atoms with Crippen molar-refractivity contribution in [1.29, 1.82) is 0 Å². The Hall–Kier alpha value is -2.05. The molecule has 0 aliphatic heterocycles. The number of hydrogen-bond acceptors (Lipinski definition) is 3. The Morgan fingerprint density at radius 3 is 2.90 bits per heavy atom. The van der Waals surface area contributed by atoms with E-state index in [4.69, 9.17) is 9.84 Å². The minimum absolute atomic E-state index is 0.230. The first-order valence-corrected chi connectivity index (χ1v) is 6.58. The largest absolute Gasteiger partial charge is 0.496 e. The smallest absolute Gasteiger partial charge is 0.236 e. The maximum absolute atomic E-state index is 12.1. The van der Waals surface area contributed by atoms with Crippen molar-refractivity contribution in [3.05, 3.63) is 42.0 Å². The highest BCUT2D eigenvalue weighted by Crippen LogP contribution is 2.23. The fraction of sp³-hybridized carbons (Fsp3) is 0.353. The minimum Gasteiger partial charge on any atom is -0.496 e. The Morgan fingerprint density at radius 1 is 1.55 bits per heavy atom. The van der Waals surface area contributed by atoms with Crippen LogP contribution in [0.2, 0.25) is 0 Å². The molecule has 0 saturated heterocycles. The summed E-state index contributed by atoms with van der Waals surface area (Å²) in [6.07, 6.45) is 2.96. The fourth-order valence-electron chi connectivity index (χ4n) is 1.82. The number of carbonyl (C=O) groups is 1. The number of ketones is 1. The molecule has 0 heterocycles. The van der Waals surface area contributed by atoms with Crippen LogP contribution < -0.4 is 4.74 Å². The van der Waals surface area contributed by atoms with Gasteiger partial charge in [0, 0.05) is 17.5 Å². The lowest BCUT2D eigenvalue weighted by molar-refractivity contribution is 0.105. The number of ether oxygens (including phenoxy) is 1. The molecule has 0 bridgehead atoms. The third-order valence-electron chi connectivity index (χ3n) is 2.84. The van der Waals surface area contributed by atoms with Gasteiger partial charge in [-0.25, -0.2) is 0 Å². The molecule has 0 saturated carbocycles. The summed E-state index contributed by atoms with van der Waals surface area (Å²) >= 11 is 0. The van der Waals surface area contributed by atoms with Crippen LogP contribution in [-0.2, 0) is 6.42 Å². The van der Waals surface area contributed by atoms with Crippen molar-refractivity contribution in [3.63, 3.8) is 0 Å². The maximum Gasteiger partial charge on any atom is 0.236 e. The topological polar surface area (TPSA) is 46.5 Å². The van der Waals surface area contributed by atoms with Gasteiger partial charge in [0.05, 0.1) is 13.2 Å². The van der Waals surface area contributed by atoms with Gasteiger partial charge in [0.1, 0.15) is 5.75 Å². The van der Waals surface area contributed by atoms with Gasteiger partial charge in [-0.2, -0.15) is 0 Å². The van der Waals surface area contributed by atoms with E-state index in [-0.39, 0.29) is 5.78 Å². The number of allylic oxidation sites excluding steroid dienone is 1. The molecule has 0 aliphatic carbocycles. The molecule has 1 rings (SSSR count). The van der Waals surface area contributed by atoms with E-state index in [9.17, 15) is 4.79 Å². The van der Waals surface area contributed by atoms with Crippen LogP contribution in [-0.4, -0.2) is 24.1 Å². The first kappa shape index (κ1) is 16.0. The second-order valence-corrected chi connectivity index (χ2v) is 4.50. The number of rotatable bonds is 6. The molecule has 106 valence electrons. The van der Waals surface area contributed by atoms with Crippen LogP contribution in [0.15, 0.2) is 30.9 Å². The van der Waals surface area contributed by atoms with Gasteiger partial charge in [-0.05, 0) is 37.8 Å². The zero-order chi connectivity index (χ0) is 15.0. The van der Waals surface area contributed by atoms with E-state index in [0.29, 0.717) is 30.6 Å². The summed E-state index contributed by atoms with van der Waals surface area (Å²) in [5, 5.41) is 9.14. The van der Waals surface area contributed by atoms with Crippen LogP contribution in [0.4, 0.5) is 0 Å². The summed E-state index contributed by atoms with van der Waals surface area (Å²) < 4.78 is 5.26. The Bertz CT molecular complexity index is 533. The van der Waals surface area contributed by atoms with Crippen LogP contribution in [0, 0.1) is 11.8 Å². The molecule has 0 aliphatic rings. The molecular weight excluding hydrogens is 252 g/mol. The van der Waals surface area contributed by atoms with Crippen LogP contribution in [0.1, 0.15) is 35.7 Å². The van der Waals surface area contributed by atoms with Gasteiger partial charge in [0.2, 0.25) is 5.78 Å². The highest BCUT2D eigenvalue weighted by atomic mass is 16.5. The zero-order valence-corrected chi connectivity index (χ0v) is 12.0. The average Bonchev–Trinajstić information content (AvgIpc) is 2.43. The van der Waals surface area contributed by atoms with Crippen molar-refractivity contribution >= 4 is 5.78 Å². The lowest BCUT2D eigenvalue weighted by Crippen LogP contribution is -2.03. The fourth-order valence-corrected chi connectivity index (χ4v) is 1.82. The SMILES string of the molecule is C=CCc1c(OC)cccc1C(=O)C#CCC[C@H](C)O. The van der Waals surface area contributed by atoms with Crippen LogP contribution in [0.5, 0.6) is 5.75 Å². The van der Waals surface area contributed by atoms with Crippen molar-refractivity contribution in [2.24, 2.45) is 0 Å². The standard InChI is InChI=1S/C17H20O3/c1-4-8-15-14(10-7-12-17(15)20-3)16(19)11-6-5-9-13(2)18/h4,7,10,12-13,18H,1,5,8-9H2,2-3H3/t13-/m0/s1. The van der Waals surface area contributed by atoms with Gasteiger partial charge in [-0.15, -0.1) is 6.58 Å². The number of aliphatic hydroxyl groups excluding tert-OH is 1. The van der Waals surface area contributed by atoms with Crippen molar-refractivity contribution < 1.29 is 14.6 Å². The predicted molar refractivity (Wildman–Crippen MR) is 79.9 cm³/mol. The van der Waals surface area contributed by atoms with E-state index in [1.54, 1.807) is 32.2 Å². The molecule has 0 spiro atoms. The number of methoxy groups -OCH3 is 1. The monoisotopic (exact) mass is 272 g/mol. The van der Waals surface area contributed by atoms with Crippen LogP contribution in [0.25, 0.3) is 0 Å². The molecular formula is C17H20O3. The normalized spacial score (nSPS) is 11.2. The molecule has 1 aromatic rings. The molecule has 0 fully saturated rings. The Balaban J connectivity index is 2.94. The summed E-state index contributed by atoms with van der Waals surface area (Å²) in [4.78, 5) is 12.1. The van der Waals surface area contributed by atoms with E-state index >= 15 is 0 Å². The summed E-state index contributed by atoms with van der Waals surface area (Å²) in [6, 6.07) is 5.33. The third-order valence-corrected chi connectivity index (χ3v) is 2.84. The van der Waals surface area contributed by atoms with Gasteiger partial charge in [0.15, 0.2) is 0 Å². The first-order valence-electron chi connectivity index (χ1n) is 6.58. The Morgan fingerprint density at radius 2 is 2.30 bits per heavy atom. The molecule has 3 nitrogen and oxygen atoms in total. The number of benzene rings is 1. The van der Waals surface area contributed by atoms with Crippen molar-refractivity contribution in [2.45, 2.75) is 32.3 Å². The molecule has 3 heteroatoms. The highest BCUT2D eigenvalue weighted by molar-refractivity contribution is 6.10. The van der Waals surface area contributed by atoms with Crippen molar-refractivity contribution in [3.8, 4) is 17.6 Å². The number of Topliss-reactive ketones (excluding diaryl/α,β-unsaturated/α-hetero) is 1. The third kappa shape index (κ3) is 4.56. The highest BCUT2D eigenvalue weighted by Gasteiger charge is 2.12. The van der Waals surface area contributed by atoms with Gasteiger partial charge in [-0.3, -0.25) is 4.79 Å². The second-order valence-electron chi connectivity index (χ2n) is 4.50. The lowest BCUT2D eigenvalue weighted by atomic mass is 10.00. The first-order chi connectivity index (χ1) is 9.60. The predicted octanol–water partition coefficient (Wildman–Crippen LogP) is 2.77. The Kier molecular flexibility index (Phi) is 6.55. The van der Waals surface area contributed by atoms with E-state index in [1.807, 2.05) is 6.07 Å². The Labute approximate surface area is 120 Å². The number of aliphatic hydroxyl groups is 1. The van der Waals surface area contributed by atoms with Crippen molar-refractivity contribution in [2.75, 3.05) is 7.11 Å². The van der Waals surface area contributed by atoms with Crippen LogP contribution >= 0.6 is 0 Å². The van der Waals surface area contributed by atoms with E-state index in [2.05, 4.69) is 18.4 Å². The van der Waals surface area contributed by atoms with Gasteiger partial charge >= 0.3 is 0 Å². The van der Waals surface area contributed by atoms with E-state index in [0.717, 1.165) is 5.56 Å². The van der Waals surface area contributed by atoms with Gasteiger partial charge < -0.3 is 9.84 Å². The van der Waals surface area contributed by atoms with E-state index < -0.39 is 6.10 Å². The van der Waals surface area contributed by atoms with Crippen molar-refractivity contribution in [1.82, 2.24) is 0 Å². The molecule has 0 radical (unpaired) electrons. The van der Waals surface area contributed by atoms with Gasteiger partial charge in [0.25, 0.3) is 0 Å². The summed E-state index contributed by atoms with van der Waals surface area (Å²) in [5.41, 5.74) is 1.36. The average molecular weight is 272 g/mol. The number of hydrogen-bond donors (Lipinski definition) is 1. The molecule has 0 aromatic heterocycles. The second kappa shape index (κ2) is 8.19. The quantitative estimate of drug-likeness (QED) is 0.375. The van der Waals surface area contributed by atoms with Gasteiger partial charge in [-0.1, -0.05) is 18.1 Å². The summed E-state index contributed by atoms with van der Waals surface area (Å²) in [6.45, 7) is 5.40. The summed E-state index contributed by atoms with van der Waals surface area (Å²) in [5.74, 6) is 5.85. The van der Waals surface area contributed by atoms with E-state index in [1.165, 1.54) is 0 Å². The molecule has 1 aromatic carbocycles. The molecule has 0 amide bonds. The molecule has 20 heavy (non-hydrogen) atoms.